The number of azide groups is 1. The molecule has 2 rings (SSSR count). The molecule has 0 N–H and O–H groups in total. The van der Waals surface area contributed by atoms with E-state index in [4.69, 9.17) is 5.53 Å². The number of rotatable bonds is 4. The molecule has 0 radical (unpaired) electrons. The molecule has 1 heterocycles. The highest BCUT2D eigenvalue weighted by Crippen LogP contribution is 2.14. The Morgan fingerprint density at radius 1 is 1.06 bits per heavy atom. The van der Waals surface area contributed by atoms with Gasteiger partial charge in [-0.2, -0.15) is 0 Å². The van der Waals surface area contributed by atoms with Gasteiger partial charge in [-0.05, 0) is 36.1 Å². The normalized spacial score (nSPS) is 9.65. The SMILES string of the molecule is [N-]=[N+]=Nc1ccc(CCc2ccccn2)cc1. The van der Waals surface area contributed by atoms with Crippen LogP contribution in [0, 0.1) is 0 Å². The van der Waals surface area contributed by atoms with E-state index in [-0.39, 0.29) is 0 Å². The summed E-state index contributed by atoms with van der Waals surface area (Å²) in [5.41, 5.74) is 11.2. The smallest absolute Gasteiger partial charge is 0.0406 e. The first-order chi connectivity index (χ1) is 8.38. The first-order valence-corrected chi connectivity index (χ1v) is 5.42. The Bertz CT molecular complexity index is 513. The quantitative estimate of drug-likeness (QED) is 0.442. The van der Waals surface area contributed by atoms with Gasteiger partial charge in [0.2, 0.25) is 0 Å². The van der Waals surface area contributed by atoms with E-state index in [1.165, 1.54) is 5.56 Å². The minimum Gasteiger partial charge on any atom is -0.261 e. The van der Waals surface area contributed by atoms with E-state index in [0.717, 1.165) is 18.5 Å². The lowest BCUT2D eigenvalue weighted by molar-refractivity contribution is 0.914. The monoisotopic (exact) mass is 224 g/mol. The number of hydrogen-bond donors (Lipinski definition) is 0. The van der Waals surface area contributed by atoms with Gasteiger partial charge in [0.15, 0.2) is 0 Å². The van der Waals surface area contributed by atoms with E-state index in [2.05, 4.69) is 15.0 Å². The van der Waals surface area contributed by atoms with Gasteiger partial charge < -0.3 is 0 Å². The molecular formula is C13H12N4. The van der Waals surface area contributed by atoms with E-state index in [1.54, 1.807) is 6.20 Å². The lowest BCUT2D eigenvalue weighted by Crippen LogP contribution is -1.93. The summed E-state index contributed by atoms with van der Waals surface area (Å²) in [5.74, 6) is 0. The van der Waals surface area contributed by atoms with Gasteiger partial charge in [0, 0.05) is 22.5 Å². The summed E-state index contributed by atoms with van der Waals surface area (Å²) in [7, 11) is 0. The molecule has 0 aliphatic carbocycles. The van der Waals surface area contributed by atoms with Crippen LogP contribution in [0.15, 0.2) is 53.8 Å². The van der Waals surface area contributed by atoms with Crippen molar-refractivity contribution < 1.29 is 0 Å². The van der Waals surface area contributed by atoms with Crippen molar-refractivity contribution in [1.82, 2.24) is 4.98 Å². The van der Waals surface area contributed by atoms with Crippen molar-refractivity contribution in [1.29, 1.82) is 0 Å². The fraction of sp³-hybridized carbons (Fsp3) is 0.154. The molecule has 4 heteroatoms. The predicted octanol–water partition coefficient (Wildman–Crippen LogP) is 3.81. The van der Waals surface area contributed by atoms with E-state index in [1.807, 2.05) is 42.5 Å². The van der Waals surface area contributed by atoms with Crippen molar-refractivity contribution >= 4 is 5.69 Å². The average Bonchev–Trinajstić information content (AvgIpc) is 2.40. The van der Waals surface area contributed by atoms with E-state index >= 15 is 0 Å². The molecule has 17 heavy (non-hydrogen) atoms. The second-order valence-electron chi connectivity index (χ2n) is 3.68. The second kappa shape index (κ2) is 5.68. The summed E-state index contributed by atoms with van der Waals surface area (Å²) in [6.45, 7) is 0. The first-order valence-electron chi connectivity index (χ1n) is 5.42. The molecule has 84 valence electrons. The Labute approximate surface area is 99.6 Å². The van der Waals surface area contributed by atoms with Gasteiger partial charge in [-0.3, -0.25) is 4.98 Å². The molecule has 0 fully saturated rings. The number of benzene rings is 1. The van der Waals surface area contributed by atoms with Gasteiger partial charge in [-0.15, -0.1) is 0 Å². The van der Waals surface area contributed by atoms with E-state index in [9.17, 15) is 0 Å². The maximum atomic E-state index is 8.29. The molecule has 0 amide bonds. The zero-order valence-electron chi connectivity index (χ0n) is 9.32. The van der Waals surface area contributed by atoms with Crippen LogP contribution in [0.2, 0.25) is 0 Å². The van der Waals surface area contributed by atoms with Crippen LogP contribution in [0.4, 0.5) is 5.69 Å². The first kappa shape index (κ1) is 11.2. The molecule has 2 aromatic rings. The van der Waals surface area contributed by atoms with E-state index < -0.39 is 0 Å². The number of pyridine rings is 1. The molecule has 0 bridgehead atoms. The third kappa shape index (κ3) is 3.33. The topological polar surface area (TPSA) is 61.7 Å². The summed E-state index contributed by atoms with van der Waals surface area (Å²) >= 11 is 0. The Morgan fingerprint density at radius 2 is 1.88 bits per heavy atom. The fourth-order valence-electron chi connectivity index (χ4n) is 1.60. The molecule has 4 nitrogen and oxygen atoms in total. The lowest BCUT2D eigenvalue weighted by Gasteiger charge is -2.01. The largest absolute Gasteiger partial charge is 0.261 e. The third-order valence-electron chi connectivity index (χ3n) is 2.49. The van der Waals surface area contributed by atoms with E-state index in [0.29, 0.717) is 5.69 Å². The number of hydrogen-bond acceptors (Lipinski definition) is 2. The summed E-state index contributed by atoms with van der Waals surface area (Å²) in [5, 5.41) is 3.53. The highest BCUT2D eigenvalue weighted by molar-refractivity contribution is 5.38. The summed E-state index contributed by atoms with van der Waals surface area (Å²) in [6, 6.07) is 13.5. The Balaban J connectivity index is 1.98. The Kier molecular flexibility index (Phi) is 3.73. The summed E-state index contributed by atoms with van der Waals surface area (Å²) in [4.78, 5) is 7.02. The van der Waals surface area contributed by atoms with Crippen molar-refractivity contribution in [3.63, 3.8) is 0 Å². The molecule has 1 aromatic carbocycles. The minimum atomic E-state index is 0.647. The highest BCUT2D eigenvalue weighted by atomic mass is 15.1. The molecule has 0 aliphatic rings. The van der Waals surface area contributed by atoms with Crippen LogP contribution >= 0.6 is 0 Å². The van der Waals surface area contributed by atoms with Crippen molar-refractivity contribution in [2.24, 2.45) is 5.11 Å². The van der Waals surface area contributed by atoms with Gasteiger partial charge in [-0.25, -0.2) is 0 Å². The molecule has 0 aliphatic heterocycles. The van der Waals surface area contributed by atoms with Crippen molar-refractivity contribution in [2.75, 3.05) is 0 Å². The molecular weight excluding hydrogens is 212 g/mol. The van der Waals surface area contributed by atoms with Crippen LogP contribution in [0.25, 0.3) is 10.4 Å². The summed E-state index contributed by atoms with van der Waals surface area (Å²) in [6.07, 6.45) is 3.66. The van der Waals surface area contributed by atoms with Gasteiger partial charge in [0.1, 0.15) is 0 Å². The molecule has 0 saturated heterocycles. The van der Waals surface area contributed by atoms with Crippen LogP contribution in [-0.4, -0.2) is 4.98 Å². The second-order valence-corrected chi connectivity index (χ2v) is 3.68. The molecule has 0 spiro atoms. The van der Waals surface area contributed by atoms with Crippen molar-refractivity contribution in [3.05, 3.63) is 70.4 Å². The van der Waals surface area contributed by atoms with Crippen LogP contribution in [-0.2, 0) is 12.8 Å². The molecule has 0 saturated carbocycles. The lowest BCUT2D eigenvalue weighted by atomic mass is 10.1. The van der Waals surface area contributed by atoms with Crippen LogP contribution in [0.5, 0.6) is 0 Å². The zero-order chi connectivity index (χ0) is 11.9. The summed E-state index contributed by atoms with van der Waals surface area (Å²) < 4.78 is 0. The van der Waals surface area contributed by atoms with Gasteiger partial charge in [-0.1, -0.05) is 35.4 Å². The highest BCUT2D eigenvalue weighted by Gasteiger charge is 1.96. The standard InChI is InChI=1S/C13H12N4/c14-17-16-13-8-5-11(6-9-13)4-7-12-3-1-2-10-15-12/h1-3,5-6,8-10H,4,7H2. The fourth-order valence-corrected chi connectivity index (χ4v) is 1.60. The average molecular weight is 224 g/mol. The Hall–Kier alpha value is -2.32. The molecule has 0 atom stereocenters. The number of aryl methyl sites for hydroxylation is 2. The maximum Gasteiger partial charge on any atom is 0.0406 e. The van der Waals surface area contributed by atoms with Crippen molar-refractivity contribution in [2.45, 2.75) is 12.8 Å². The van der Waals surface area contributed by atoms with Gasteiger partial charge in [0.25, 0.3) is 0 Å². The van der Waals surface area contributed by atoms with Crippen LogP contribution < -0.4 is 0 Å². The van der Waals surface area contributed by atoms with Crippen LogP contribution in [0.3, 0.4) is 0 Å². The zero-order valence-corrected chi connectivity index (χ0v) is 9.32. The number of nitrogens with zero attached hydrogens (tertiary/aromatic N) is 4. The predicted molar refractivity (Wildman–Crippen MR) is 66.9 cm³/mol. The minimum absolute atomic E-state index is 0.647. The van der Waals surface area contributed by atoms with Crippen LogP contribution in [0.1, 0.15) is 11.3 Å². The Morgan fingerprint density at radius 3 is 2.53 bits per heavy atom. The van der Waals surface area contributed by atoms with Gasteiger partial charge in [0.05, 0.1) is 0 Å². The van der Waals surface area contributed by atoms with Crippen molar-refractivity contribution in [3.8, 4) is 0 Å². The molecule has 1 aromatic heterocycles. The third-order valence-corrected chi connectivity index (χ3v) is 2.49. The molecule has 0 unspecified atom stereocenters. The number of aromatic nitrogens is 1. The van der Waals surface area contributed by atoms with Gasteiger partial charge >= 0.3 is 0 Å². The maximum absolute atomic E-state index is 8.29.